The third-order valence-electron chi connectivity index (χ3n) is 5.30. The fourth-order valence-electron chi connectivity index (χ4n) is 3.59. The first-order valence-corrected chi connectivity index (χ1v) is 10.4. The lowest BCUT2D eigenvalue weighted by Gasteiger charge is -2.31. The van der Waals surface area contributed by atoms with Crippen LogP contribution in [0.5, 0.6) is 5.75 Å². The van der Waals surface area contributed by atoms with E-state index in [-0.39, 0.29) is 24.8 Å². The van der Waals surface area contributed by atoms with Crippen LogP contribution in [0, 0.1) is 5.82 Å². The number of halogens is 1. The zero-order valence-electron chi connectivity index (χ0n) is 18.3. The summed E-state index contributed by atoms with van der Waals surface area (Å²) in [6.07, 6.45) is 0.201. The first-order valence-electron chi connectivity index (χ1n) is 10.4. The first kappa shape index (κ1) is 23.0. The molecule has 3 rings (SSSR count). The molecule has 0 bridgehead atoms. The number of hydrogen-bond donors (Lipinski definition) is 1. The Balaban J connectivity index is 1.96. The van der Waals surface area contributed by atoms with Gasteiger partial charge in [0.2, 0.25) is 11.8 Å². The van der Waals surface area contributed by atoms with Crippen molar-refractivity contribution in [2.45, 2.75) is 25.4 Å². The van der Waals surface area contributed by atoms with Crippen molar-refractivity contribution in [3.8, 4) is 5.75 Å². The summed E-state index contributed by atoms with van der Waals surface area (Å²) < 4.78 is 19.5. The van der Waals surface area contributed by atoms with Crippen LogP contribution in [0.3, 0.4) is 0 Å². The molecule has 0 heterocycles. The van der Waals surface area contributed by atoms with Crippen molar-refractivity contribution in [1.82, 2.24) is 10.2 Å². The molecule has 2 amide bonds. The lowest BCUT2D eigenvalue weighted by atomic mass is 10.0. The lowest BCUT2D eigenvalue weighted by molar-refractivity contribution is -0.140. The smallest absolute Gasteiger partial charge is 0.242 e. The normalized spacial score (nSPS) is 11.5. The number of ether oxygens (including phenoxy) is 1. The van der Waals surface area contributed by atoms with Gasteiger partial charge in [0.1, 0.15) is 17.6 Å². The van der Waals surface area contributed by atoms with E-state index in [1.54, 1.807) is 32.4 Å². The summed E-state index contributed by atoms with van der Waals surface area (Å²) in [6.45, 7) is 0.190. The monoisotopic (exact) mass is 434 g/mol. The molecule has 0 spiro atoms. The van der Waals surface area contributed by atoms with Crippen molar-refractivity contribution < 1.29 is 18.7 Å². The summed E-state index contributed by atoms with van der Waals surface area (Å²) in [5, 5.41) is 2.67. The zero-order valence-corrected chi connectivity index (χ0v) is 18.3. The molecule has 1 atom stereocenters. The molecule has 32 heavy (non-hydrogen) atoms. The maximum Gasteiger partial charge on any atom is 0.242 e. The molecular formula is C26H27FN2O3. The van der Waals surface area contributed by atoms with Gasteiger partial charge in [-0.05, 0) is 34.9 Å². The number of rotatable bonds is 9. The second-order valence-electron chi connectivity index (χ2n) is 7.46. The number of likely N-dealkylation sites (N-methyl/N-ethyl adjacent to an activating group) is 1. The Morgan fingerprint density at radius 2 is 1.66 bits per heavy atom. The molecule has 166 valence electrons. The molecular weight excluding hydrogens is 407 g/mol. The minimum Gasteiger partial charge on any atom is -0.497 e. The second-order valence-corrected chi connectivity index (χ2v) is 7.46. The molecule has 0 saturated heterocycles. The van der Waals surface area contributed by atoms with Crippen molar-refractivity contribution in [3.05, 3.63) is 101 Å². The van der Waals surface area contributed by atoms with E-state index in [0.717, 1.165) is 11.1 Å². The van der Waals surface area contributed by atoms with Gasteiger partial charge >= 0.3 is 0 Å². The zero-order chi connectivity index (χ0) is 22.9. The molecule has 0 saturated carbocycles. The quantitative estimate of drug-likeness (QED) is 0.558. The Labute approximate surface area is 187 Å². The van der Waals surface area contributed by atoms with E-state index in [1.807, 2.05) is 54.6 Å². The molecule has 0 aliphatic rings. The highest BCUT2D eigenvalue weighted by Crippen LogP contribution is 2.20. The highest BCUT2D eigenvalue weighted by molar-refractivity contribution is 5.88. The summed E-state index contributed by atoms with van der Waals surface area (Å²) in [5.74, 6) is -0.397. The highest BCUT2D eigenvalue weighted by Gasteiger charge is 2.30. The molecule has 5 nitrogen and oxygen atoms in total. The minimum atomic E-state index is -0.757. The van der Waals surface area contributed by atoms with Gasteiger partial charge in [0.05, 0.1) is 13.5 Å². The summed E-state index contributed by atoms with van der Waals surface area (Å²) in [4.78, 5) is 27.8. The lowest BCUT2D eigenvalue weighted by Crippen LogP contribution is -2.50. The van der Waals surface area contributed by atoms with Gasteiger partial charge in [-0.25, -0.2) is 4.39 Å². The van der Waals surface area contributed by atoms with Crippen LogP contribution in [0.25, 0.3) is 0 Å². The van der Waals surface area contributed by atoms with Crippen molar-refractivity contribution in [2.24, 2.45) is 0 Å². The maximum absolute atomic E-state index is 14.2. The van der Waals surface area contributed by atoms with Crippen molar-refractivity contribution in [3.63, 3.8) is 0 Å². The standard InChI is InChI=1S/C26H27FN2O3/c1-28-26(31)24(16-19-9-4-3-5-10-19)29(18-20-11-8-13-22(15-20)32-2)25(30)17-21-12-6-7-14-23(21)27/h3-15,24H,16-18H2,1-2H3,(H,28,31). The number of nitrogens with one attached hydrogen (secondary N) is 1. The van der Waals surface area contributed by atoms with Crippen LogP contribution < -0.4 is 10.1 Å². The predicted molar refractivity (Wildman–Crippen MR) is 122 cm³/mol. The average molecular weight is 435 g/mol. The van der Waals surface area contributed by atoms with Crippen molar-refractivity contribution >= 4 is 11.8 Å². The largest absolute Gasteiger partial charge is 0.497 e. The fraction of sp³-hybridized carbons (Fsp3) is 0.231. The van der Waals surface area contributed by atoms with Gasteiger partial charge in [0.15, 0.2) is 0 Å². The van der Waals surface area contributed by atoms with Crippen LogP contribution in [0.1, 0.15) is 16.7 Å². The molecule has 1 unspecified atom stereocenters. The molecule has 3 aromatic rings. The summed E-state index contributed by atoms with van der Waals surface area (Å²) in [5.41, 5.74) is 2.03. The Hall–Kier alpha value is -3.67. The second kappa shape index (κ2) is 11.1. The van der Waals surface area contributed by atoms with Crippen LogP contribution in [0.4, 0.5) is 4.39 Å². The van der Waals surface area contributed by atoms with E-state index >= 15 is 0 Å². The molecule has 0 aliphatic heterocycles. The van der Waals surface area contributed by atoms with Gasteiger partial charge in [-0.1, -0.05) is 60.7 Å². The van der Waals surface area contributed by atoms with Crippen LogP contribution in [0.15, 0.2) is 78.9 Å². The van der Waals surface area contributed by atoms with E-state index in [4.69, 9.17) is 4.74 Å². The molecule has 6 heteroatoms. The van der Waals surface area contributed by atoms with E-state index in [9.17, 15) is 14.0 Å². The molecule has 0 radical (unpaired) electrons. The number of amides is 2. The van der Waals surface area contributed by atoms with Crippen LogP contribution in [-0.2, 0) is 29.0 Å². The predicted octanol–water partition coefficient (Wildman–Crippen LogP) is 3.76. The number of carbonyl (C=O) groups excluding carboxylic acids is 2. The topological polar surface area (TPSA) is 58.6 Å². The van der Waals surface area contributed by atoms with Crippen LogP contribution in [-0.4, -0.2) is 36.9 Å². The fourth-order valence-corrected chi connectivity index (χ4v) is 3.59. The van der Waals surface area contributed by atoms with Crippen LogP contribution >= 0.6 is 0 Å². The summed E-state index contributed by atoms with van der Waals surface area (Å²) >= 11 is 0. The minimum absolute atomic E-state index is 0.140. The van der Waals surface area contributed by atoms with E-state index < -0.39 is 11.9 Å². The van der Waals surface area contributed by atoms with Gasteiger partial charge in [0, 0.05) is 20.0 Å². The average Bonchev–Trinajstić information content (AvgIpc) is 2.83. The summed E-state index contributed by atoms with van der Waals surface area (Å²) in [6, 6.07) is 22.3. The Kier molecular flexibility index (Phi) is 7.97. The molecule has 0 aliphatic carbocycles. The van der Waals surface area contributed by atoms with E-state index in [0.29, 0.717) is 17.7 Å². The highest BCUT2D eigenvalue weighted by atomic mass is 19.1. The number of hydrogen-bond acceptors (Lipinski definition) is 3. The molecule has 0 fully saturated rings. The summed E-state index contributed by atoms with van der Waals surface area (Å²) in [7, 11) is 3.12. The number of methoxy groups -OCH3 is 1. The molecule has 1 N–H and O–H groups in total. The number of carbonyl (C=O) groups is 2. The molecule has 0 aromatic heterocycles. The van der Waals surface area contributed by atoms with E-state index in [2.05, 4.69) is 5.32 Å². The van der Waals surface area contributed by atoms with Crippen LogP contribution in [0.2, 0.25) is 0 Å². The first-order chi connectivity index (χ1) is 15.5. The number of benzene rings is 3. The third kappa shape index (κ3) is 5.94. The maximum atomic E-state index is 14.2. The van der Waals surface area contributed by atoms with Gasteiger partial charge in [0.25, 0.3) is 0 Å². The number of nitrogens with zero attached hydrogens (tertiary/aromatic N) is 1. The van der Waals surface area contributed by atoms with Crippen molar-refractivity contribution in [1.29, 1.82) is 0 Å². The third-order valence-corrected chi connectivity index (χ3v) is 5.30. The molecule has 3 aromatic carbocycles. The van der Waals surface area contributed by atoms with E-state index in [1.165, 1.54) is 11.0 Å². The Morgan fingerprint density at radius 3 is 2.34 bits per heavy atom. The SMILES string of the molecule is CNC(=O)C(Cc1ccccc1)N(Cc1cccc(OC)c1)C(=O)Cc1ccccc1F. The Bertz CT molecular complexity index is 1060. The van der Waals surface area contributed by atoms with Gasteiger partial charge in [-0.2, -0.15) is 0 Å². The van der Waals surface area contributed by atoms with Crippen molar-refractivity contribution in [2.75, 3.05) is 14.2 Å². The van der Waals surface area contributed by atoms with Gasteiger partial charge in [-0.15, -0.1) is 0 Å². The van der Waals surface area contributed by atoms with Gasteiger partial charge in [-0.3, -0.25) is 9.59 Å². The van der Waals surface area contributed by atoms with Gasteiger partial charge < -0.3 is 15.0 Å². The Morgan fingerprint density at radius 1 is 0.969 bits per heavy atom.